The third kappa shape index (κ3) is 6.08. The van der Waals surface area contributed by atoms with E-state index in [1.165, 1.54) is 43.6 Å². The SMILES string of the molecule is c1ccc(-c2ccccc2-c2ccc(-c3ccc4oc5ccccc5c4c3C3=NC(c4ccc5ccccc5c4)=NC(c4ccc5ccc6ccccc6c5c4)N3)cc2)cc1. The predicted octanol–water partition coefficient (Wildman–Crippen LogP) is 14.5. The molecule has 4 nitrogen and oxygen atoms in total. The van der Waals surface area contributed by atoms with Crippen molar-refractivity contribution in [3.05, 3.63) is 229 Å². The highest BCUT2D eigenvalue weighted by molar-refractivity contribution is 6.25. The van der Waals surface area contributed by atoms with Gasteiger partial charge in [0.25, 0.3) is 0 Å². The van der Waals surface area contributed by atoms with Gasteiger partial charge < -0.3 is 9.73 Å². The van der Waals surface area contributed by atoms with Crippen molar-refractivity contribution in [2.75, 3.05) is 0 Å². The molecule has 0 saturated carbocycles. The van der Waals surface area contributed by atoms with Gasteiger partial charge in [0, 0.05) is 21.9 Å². The van der Waals surface area contributed by atoms with Crippen molar-refractivity contribution in [1.29, 1.82) is 0 Å². The maximum atomic E-state index is 6.55. The zero-order chi connectivity index (χ0) is 40.3. The molecule has 1 aromatic heterocycles. The molecule has 1 aliphatic heterocycles. The molecule has 1 atom stereocenters. The van der Waals surface area contributed by atoms with E-state index in [0.29, 0.717) is 5.84 Å². The minimum atomic E-state index is -0.421. The number of furan rings is 1. The largest absolute Gasteiger partial charge is 0.456 e. The summed E-state index contributed by atoms with van der Waals surface area (Å²) in [5.41, 5.74) is 11.5. The first kappa shape index (κ1) is 34.9. The van der Waals surface area contributed by atoms with Gasteiger partial charge in [0.1, 0.15) is 23.2 Å². The summed E-state index contributed by atoms with van der Waals surface area (Å²) in [7, 11) is 0. The van der Waals surface area contributed by atoms with Crippen LogP contribution in [0.4, 0.5) is 0 Å². The Hall–Kier alpha value is -8.08. The molecule has 12 rings (SSSR count). The van der Waals surface area contributed by atoms with Crippen molar-refractivity contribution in [2.45, 2.75) is 6.17 Å². The quantitative estimate of drug-likeness (QED) is 0.171. The number of aliphatic imine (C=N–C) groups is 2. The van der Waals surface area contributed by atoms with Crippen LogP contribution >= 0.6 is 0 Å². The summed E-state index contributed by atoms with van der Waals surface area (Å²) < 4.78 is 6.55. The highest BCUT2D eigenvalue weighted by atomic mass is 16.3. The standard InChI is InChI=1S/C57H37N3O/c1-2-13-37(14-3-1)45-17-8-9-18-46(45)39-24-26-40(27-25-39)48-32-33-52-53(49-20-10-11-21-51(49)61-52)54(48)57-59-55(43-30-22-36-12-4-5-16-42(36)34-43)58-56(60-57)44-31-29-41-28-23-38-15-6-7-19-47(38)50(41)35-44/h1-35,56H,(H,58,59,60). The smallest absolute Gasteiger partial charge is 0.159 e. The monoisotopic (exact) mass is 779 g/mol. The molecule has 0 spiro atoms. The van der Waals surface area contributed by atoms with Crippen molar-refractivity contribution < 1.29 is 4.42 Å². The highest BCUT2D eigenvalue weighted by Gasteiger charge is 2.27. The van der Waals surface area contributed by atoms with Gasteiger partial charge in [-0.1, -0.05) is 182 Å². The van der Waals surface area contributed by atoms with Crippen molar-refractivity contribution in [1.82, 2.24) is 5.32 Å². The Morgan fingerprint density at radius 3 is 1.79 bits per heavy atom. The van der Waals surface area contributed by atoms with Gasteiger partial charge in [0.05, 0.1) is 0 Å². The molecule has 1 N–H and O–H groups in total. The van der Waals surface area contributed by atoms with E-state index < -0.39 is 6.17 Å². The van der Waals surface area contributed by atoms with E-state index >= 15 is 0 Å². The van der Waals surface area contributed by atoms with Crippen LogP contribution in [0.5, 0.6) is 0 Å². The second-order valence-corrected chi connectivity index (χ2v) is 15.7. The van der Waals surface area contributed by atoms with Crippen LogP contribution in [0.3, 0.4) is 0 Å². The molecule has 0 saturated heterocycles. The molecule has 0 bridgehead atoms. The molecular weight excluding hydrogens is 743 g/mol. The lowest BCUT2D eigenvalue weighted by Crippen LogP contribution is -2.34. The third-order valence-corrected chi connectivity index (χ3v) is 12.1. The number of para-hydroxylation sites is 1. The van der Waals surface area contributed by atoms with E-state index in [1.807, 2.05) is 12.1 Å². The van der Waals surface area contributed by atoms with E-state index in [4.69, 9.17) is 14.4 Å². The molecular formula is C57H37N3O. The van der Waals surface area contributed by atoms with Crippen LogP contribution in [-0.4, -0.2) is 11.7 Å². The molecule has 0 amide bonds. The van der Waals surface area contributed by atoms with Crippen LogP contribution in [0.2, 0.25) is 0 Å². The summed E-state index contributed by atoms with van der Waals surface area (Å²) in [6, 6.07) is 75.3. The van der Waals surface area contributed by atoms with Gasteiger partial charge in [-0.2, -0.15) is 0 Å². The van der Waals surface area contributed by atoms with Gasteiger partial charge in [-0.05, 0) is 102 Å². The molecule has 1 aliphatic rings. The van der Waals surface area contributed by atoms with Crippen molar-refractivity contribution >= 4 is 65.9 Å². The first-order valence-corrected chi connectivity index (χ1v) is 20.8. The first-order chi connectivity index (χ1) is 30.2. The van der Waals surface area contributed by atoms with E-state index in [9.17, 15) is 0 Å². The van der Waals surface area contributed by atoms with Gasteiger partial charge in [-0.25, -0.2) is 9.98 Å². The van der Waals surface area contributed by atoms with Crippen LogP contribution in [0.15, 0.2) is 227 Å². The summed E-state index contributed by atoms with van der Waals surface area (Å²) >= 11 is 0. The average Bonchev–Trinajstić information content (AvgIpc) is 3.72. The Kier molecular flexibility index (Phi) is 8.20. The third-order valence-electron chi connectivity index (χ3n) is 12.1. The molecule has 4 heteroatoms. The Morgan fingerprint density at radius 1 is 0.393 bits per heavy atom. The second kappa shape index (κ2) is 14.3. The summed E-state index contributed by atoms with van der Waals surface area (Å²) in [5, 5.41) is 13.1. The number of amidine groups is 2. The highest BCUT2D eigenvalue weighted by Crippen LogP contribution is 2.40. The van der Waals surface area contributed by atoms with E-state index in [0.717, 1.165) is 66.5 Å². The van der Waals surface area contributed by atoms with E-state index in [-0.39, 0.29) is 0 Å². The minimum absolute atomic E-state index is 0.421. The van der Waals surface area contributed by atoms with Crippen LogP contribution in [0.25, 0.3) is 87.6 Å². The normalized spacial score (nSPS) is 14.1. The lowest BCUT2D eigenvalue weighted by atomic mass is 9.91. The maximum absolute atomic E-state index is 6.55. The maximum Gasteiger partial charge on any atom is 0.159 e. The van der Waals surface area contributed by atoms with Gasteiger partial charge >= 0.3 is 0 Å². The van der Waals surface area contributed by atoms with Crippen molar-refractivity contribution in [3.8, 4) is 33.4 Å². The zero-order valence-electron chi connectivity index (χ0n) is 33.1. The van der Waals surface area contributed by atoms with Crippen LogP contribution in [0.1, 0.15) is 22.9 Å². The van der Waals surface area contributed by atoms with Crippen molar-refractivity contribution in [2.24, 2.45) is 9.98 Å². The zero-order valence-corrected chi connectivity index (χ0v) is 33.1. The van der Waals surface area contributed by atoms with Gasteiger partial charge in [0.15, 0.2) is 5.84 Å². The minimum Gasteiger partial charge on any atom is -0.456 e. The van der Waals surface area contributed by atoms with E-state index in [2.05, 4.69) is 206 Å². The summed E-state index contributed by atoms with van der Waals surface area (Å²) in [5.74, 6) is 1.41. The lowest BCUT2D eigenvalue weighted by Gasteiger charge is -2.26. The van der Waals surface area contributed by atoms with Crippen LogP contribution in [0, 0.1) is 0 Å². The fourth-order valence-corrected chi connectivity index (χ4v) is 9.13. The molecule has 11 aromatic rings. The predicted molar refractivity (Wildman–Crippen MR) is 254 cm³/mol. The number of nitrogens with one attached hydrogen (secondary N) is 1. The molecule has 286 valence electrons. The Balaban J connectivity index is 1.06. The first-order valence-electron chi connectivity index (χ1n) is 20.8. The number of hydrogen-bond acceptors (Lipinski definition) is 4. The molecule has 0 fully saturated rings. The fraction of sp³-hybridized carbons (Fsp3) is 0.0175. The second-order valence-electron chi connectivity index (χ2n) is 15.7. The lowest BCUT2D eigenvalue weighted by molar-refractivity contribution is 0.668. The summed E-state index contributed by atoms with van der Waals surface area (Å²) in [4.78, 5) is 10.9. The number of hydrogen-bond donors (Lipinski definition) is 1. The Bertz CT molecular complexity index is 3560. The van der Waals surface area contributed by atoms with Crippen LogP contribution in [-0.2, 0) is 0 Å². The number of benzene rings is 10. The molecule has 1 unspecified atom stereocenters. The molecule has 2 heterocycles. The number of nitrogens with zero attached hydrogens (tertiary/aromatic N) is 2. The molecule has 0 radical (unpaired) electrons. The fourth-order valence-electron chi connectivity index (χ4n) is 9.13. The molecule has 10 aromatic carbocycles. The Labute approximate surface area is 352 Å². The summed E-state index contributed by atoms with van der Waals surface area (Å²) in [6.07, 6.45) is -0.421. The van der Waals surface area contributed by atoms with Gasteiger partial charge in [-0.15, -0.1) is 0 Å². The molecule has 0 aliphatic carbocycles. The summed E-state index contributed by atoms with van der Waals surface area (Å²) in [6.45, 7) is 0. The average molecular weight is 780 g/mol. The Morgan fingerprint density at radius 2 is 0.984 bits per heavy atom. The van der Waals surface area contributed by atoms with Crippen LogP contribution < -0.4 is 5.32 Å². The molecule has 61 heavy (non-hydrogen) atoms. The van der Waals surface area contributed by atoms with E-state index in [1.54, 1.807) is 0 Å². The number of fused-ring (bicyclic) bond motifs is 7. The number of rotatable bonds is 6. The van der Waals surface area contributed by atoms with Gasteiger partial charge in [0.2, 0.25) is 0 Å². The van der Waals surface area contributed by atoms with Gasteiger partial charge in [-0.3, -0.25) is 0 Å². The van der Waals surface area contributed by atoms with Crippen molar-refractivity contribution in [3.63, 3.8) is 0 Å². The topological polar surface area (TPSA) is 49.9 Å².